The predicted octanol–water partition coefficient (Wildman–Crippen LogP) is 3.51. The Morgan fingerprint density at radius 1 is 0.947 bits per heavy atom. The first-order valence-electron chi connectivity index (χ1n) is 6.84. The van der Waals surface area contributed by atoms with E-state index in [1.165, 1.54) is 5.56 Å². The van der Waals surface area contributed by atoms with Crippen molar-refractivity contribution < 1.29 is 14.2 Å². The highest BCUT2D eigenvalue weighted by Gasteiger charge is 1.94. The molecule has 0 radical (unpaired) electrons. The largest absolute Gasteiger partial charge is 0.498 e. The molecule has 1 aromatic carbocycles. The molecule has 0 saturated heterocycles. The number of hydrogen-bond acceptors (Lipinski definition) is 3. The van der Waals surface area contributed by atoms with E-state index in [0.717, 1.165) is 18.6 Å². The van der Waals surface area contributed by atoms with Gasteiger partial charge in [-0.2, -0.15) is 0 Å². The number of allylic oxidation sites excluding steroid dienone is 1. The summed E-state index contributed by atoms with van der Waals surface area (Å²) in [7, 11) is 0. The summed E-state index contributed by atoms with van der Waals surface area (Å²) in [6.45, 7) is 7.38. The van der Waals surface area contributed by atoms with Gasteiger partial charge in [0.15, 0.2) is 0 Å². The van der Waals surface area contributed by atoms with Gasteiger partial charge in [-0.05, 0) is 24.5 Å². The highest BCUT2D eigenvalue weighted by Crippen LogP contribution is 2.12. The van der Waals surface area contributed by atoms with Gasteiger partial charge in [-0.25, -0.2) is 0 Å². The van der Waals surface area contributed by atoms with Gasteiger partial charge in [0.05, 0.1) is 26.1 Å². The van der Waals surface area contributed by atoms with Crippen LogP contribution in [0.2, 0.25) is 0 Å². The summed E-state index contributed by atoms with van der Waals surface area (Å²) >= 11 is 0. The Balaban J connectivity index is 2.04. The number of ether oxygens (including phenoxy) is 3. The number of hydrogen-bond donors (Lipinski definition) is 0. The van der Waals surface area contributed by atoms with Crippen LogP contribution in [0.1, 0.15) is 25.8 Å². The molecular formula is C16H24O3. The molecule has 0 aromatic heterocycles. The first-order chi connectivity index (χ1) is 9.34. The Morgan fingerprint density at radius 2 is 1.58 bits per heavy atom. The van der Waals surface area contributed by atoms with Crippen molar-refractivity contribution >= 4 is 5.57 Å². The van der Waals surface area contributed by atoms with Crippen LogP contribution in [0.3, 0.4) is 0 Å². The monoisotopic (exact) mass is 264 g/mol. The third-order valence-electron chi connectivity index (χ3n) is 2.56. The van der Waals surface area contributed by atoms with Gasteiger partial charge in [0, 0.05) is 6.61 Å². The highest BCUT2D eigenvalue weighted by molar-refractivity contribution is 5.62. The van der Waals surface area contributed by atoms with Crippen LogP contribution in [0.5, 0.6) is 0 Å². The van der Waals surface area contributed by atoms with E-state index in [9.17, 15) is 0 Å². The molecule has 19 heavy (non-hydrogen) atoms. The molecule has 0 amide bonds. The van der Waals surface area contributed by atoms with Crippen LogP contribution in [0.4, 0.5) is 0 Å². The Kier molecular flexibility index (Phi) is 8.77. The molecule has 3 heteroatoms. The summed E-state index contributed by atoms with van der Waals surface area (Å²) < 4.78 is 16.1. The molecule has 0 aliphatic rings. The molecule has 3 nitrogen and oxygen atoms in total. The lowest BCUT2D eigenvalue weighted by molar-refractivity contribution is 0.0309. The lowest BCUT2D eigenvalue weighted by atomic mass is 10.1. The average Bonchev–Trinajstić information content (AvgIpc) is 2.46. The van der Waals surface area contributed by atoms with Crippen LogP contribution in [-0.4, -0.2) is 33.0 Å². The van der Waals surface area contributed by atoms with Gasteiger partial charge in [-0.3, -0.25) is 0 Å². The maximum absolute atomic E-state index is 5.45. The van der Waals surface area contributed by atoms with Crippen molar-refractivity contribution in [2.75, 3.05) is 33.0 Å². The topological polar surface area (TPSA) is 27.7 Å². The second-order valence-electron chi connectivity index (χ2n) is 4.26. The normalized spacial score (nSPS) is 11.6. The molecule has 0 N–H and O–H groups in total. The Labute approximate surface area is 116 Å². The summed E-state index contributed by atoms with van der Waals surface area (Å²) in [5, 5.41) is 0. The fourth-order valence-electron chi connectivity index (χ4n) is 1.53. The minimum Gasteiger partial charge on any atom is -0.498 e. The molecule has 0 heterocycles. The van der Waals surface area contributed by atoms with E-state index in [1.807, 2.05) is 25.1 Å². The van der Waals surface area contributed by atoms with Crippen molar-refractivity contribution in [3.8, 4) is 0 Å². The van der Waals surface area contributed by atoms with Crippen LogP contribution >= 0.6 is 0 Å². The third kappa shape index (κ3) is 7.65. The average molecular weight is 264 g/mol. The molecule has 106 valence electrons. The van der Waals surface area contributed by atoms with E-state index in [4.69, 9.17) is 14.2 Å². The Hall–Kier alpha value is -1.32. The van der Waals surface area contributed by atoms with Gasteiger partial charge in [-0.15, -0.1) is 0 Å². The maximum Gasteiger partial charge on any atom is 0.111 e. The van der Waals surface area contributed by atoms with Crippen LogP contribution in [0.25, 0.3) is 5.57 Å². The van der Waals surface area contributed by atoms with Crippen molar-refractivity contribution in [1.29, 1.82) is 0 Å². The second-order valence-corrected chi connectivity index (χ2v) is 4.26. The molecule has 1 rings (SSSR count). The minimum absolute atomic E-state index is 0.567. The molecule has 0 aliphatic carbocycles. The van der Waals surface area contributed by atoms with E-state index >= 15 is 0 Å². The lowest BCUT2D eigenvalue weighted by Gasteiger charge is -2.06. The molecule has 0 bridgehead atoms. The van der Waals surface area contributed by atoms with Crippen LogP contribution < -0.4 is 0 Å². The fourth-order valence-corrected chi connectivity index (χ4v) is 1.53. The standard InChI is InChI=1S/C16H24O3/c1-3-9-17-10-11-18-12-13-19-14-15(2)16-7-5-4-6-8-16/h4-8,14H,3,9-13H2,1-2H3. The fraction of sp³-hybridized carbons (Fsp3) is 0.500. The summed E-state index contributed by atoms with van der Waals surface area (Å²) in [6, 6.07) is 10.2. The molecule has 0 atom stereocenters. The van der Waals surface area contributed by atoms with Crippen molar-refractivity contribution in [3.05, 3.63) is 42.2 Å². The van der Waals surface area contributed by atoms with Crippen molar-refractivity contribution in [3.63, 3.8) is 0 Å². The molecule has 0 fully saturated rings. The van der Waals surface area contributed by atoms with Crippen molar-refractivity contribution in [1.82, 2.24) is 0 Å². The van der Waals surface area contributed by atoms with Crippen LogP contribution in [0, 0.1) is 0 Å². The third-order valence-corrected chi connectivity index (χ3v) is 2.56. The molecule has 0 spiro atoms. The smallest absolute Gasteiger partial charge is 0.111 e. The van der Waals surface area contributed by atoms with E-state index in [2.05, 4.69) is 19.1 Å². The van der Waals surface area contributed by atoms with Gasteiger partial charge in [0.2, 0.25) is 0 Å². The minimum atomic E-state index is 0.567. The highest BCUT2D eigenvalue weighted by atomic mass is 16.5. The van der Waals surface area contributed by atoms with Gasteiger partial charge in [-0.1, -0.05) is 37.3 Å². The van der Waals surface area contributed by atoms with E-state index < -0.39 is 0 Å². The van der Waals surface area contributed by atoms with E-state index in [1.54, 1.807) is 6.26 Å². The predicted molar refractivity (Wildman–Crippen MR) is 78.0 cm³/mol. The zero-order chi connectivity index (χ0) is 13.8. The maximum atomic E-state index is 5.45. The summed E-state index contributed by atoms with van der Waals surface area (Å²) in [6.07, 6.45) is 2.83. The SMILES string of the molecule is CCCOCCOCCOC=C(C)c1ccccc1. The van der Waals surface area contributed by atoms with E-state index in [-0.39, 0.29) is 0 Å². The van der Waals surface area contributed by atoms with Crippen LogP contribution in [-0.2, 0) is 14.2 Å². The van der Waals surface area contributed by atoms with Gasteiger partial charge in [0.25, 0.3) is 0 Å². The van der Waals surface area contributed by atoms with E-state index in [0.29, 0.717) is 26.4 Å². The Morgan fingerprint density at radius 3 is 2.26 bits per heavy atom. The summed E-state index contributed by atoms with van der Waals surface area (Å²) in [4.78, 5) is 0. The molecule has 0 unspecified atom stereocenters. The number of rotatable bonds is 10. The van der Waals surface area contributed by atoms with Crippen molar-refractivity contribution in [2.24, 2.45) is 0 Å². The van der Waals surface area contributed by atoms with Gasteiger partial charge < -0.3 is 14.2 Å². The molecular weight excluding hydrogens is 240 g/mol. The zero-order valence-electron chi connectivity index (χ0n) is 11.9. The van der Waals surface area contributed by atoms with Crippen molar-refractivity contribution in [2.45, 2.75) is 20.3 Å². The molecule has 0 saturated carbocycles. The second kappa shape index (κ2) is 10.6. The lowest BCUT2D eigenvalue weighted by Crippen LogP contribution is -2.08. The van der Waals surface area contributed by atoms with Gasteiger partial charge in [0.1, 0.15) is 6.61 Å². The first kappa shape index (κ1) is 15.7. The quantitative estimate of drug-likeness (QED) is 0.478. The van der Waals surface area contributed by atoms with Gasteiger partial charge >= 0.3 is 0 Å². The van der Waals surface area contributed by atoms with Crippen LogP contribution in [0.15, 0.2) is 36.6 Å². The first-order valence-corrected chi connectivity index (χ1v) is 6.84. The molecule has 1 aromatic rings. The molecule has 0 aliphatic heterocycles. The summed E-state index contributed by atoms with van der Waals surface area (Å²) in [5.74, 6) is 0. The Bertz CT molecular complexity index is 346. The zero-order valence-corrected chi connectivity index (χ0v) is 11.9. The number of benzene rings is 1. The summed E-state index contributed by atoms with van der Waals surface area (Å²) in [5.41, 5.74) is 2.29.